The molecule has 0 saturated heterocycles. The molecule has 94 valence electrons. The third-order valence-corrected chi connectivity index (χ3v) is 2.77. The van der Waals surface area contributed by atoms with Crippen LogP contribution in [0, 0.1) is 5.82 Å². The average molecular weight is 267 g/mol. The first kappa shape index (κ1) is 12.7. The first-order valence-electron chi connectivity index (χ1n) is 5.40. The third kappa shape index (κ3) is 2.57. The highest BCUT2D eigenvalue weighted by molar-refractivity contribution is 6.17. The number of ether oxygens (including phenoxy) is 2. The molecule has 0 aliphatic carbocycles. The summed E-state index contributed by atoms with van der Waals surface area (Å²) in [5.74, 6) is 1.18. The van der Waals surface area contributed by atoms with Gasteiger partial charge in [0.25, 0.3) is 0 Å². The summed E-state index contributed by atoms with van der Waals surface area (Å²) >= 11 is 5.73. The van der Waals surface area contributed by atoms with Gasteiger partial charge in [0.15, 0.2) is 11.5 Å². The van der Waals surface area contributed by atoms with Gasteiger partial charge in [-0.05, 0) is 24.3 Å². The van der Waals surface area contributed by atoms with Gasteiger partial charge in [-0.1, -0.05) is 18.2 Å². The lowest BCUT2D eigenvalue weighted by atomic mass is 10.2. The molecule has 0 aliphatic heterocycles. The van der Waals surface area contributed by atoms with E-state index < -0.39 is 0 Å². The first-order valence-corrected chi connectivity index (χ1v) is 5.94. The van der Waals surface area contributed by atoms with Gasteiger partial charge in [0.1, 0.15) is 11.6 Å². The lowest BCUT2D eigenvalue weighted by Crippen LogP contribution is -1.95. The third-order valence-electron chi connectivity index (χ3n) is 2.50. The maximum atomic E-state index is 13.5. The van der Waals surface area contributed by atoms with Gasteiger partial charge in [-0.25, -0.2) is 4.39 Å². The molecule has 2 aromatic carbocycles. The van der Waals surface area contributed by atoms with Crippen molar-refractivity contribution in [3.8, 4) is 17.2 Å². The lowest BCUT2D eigenvalue weighted by molar-refractivity contribution is 0.377. The number of alkyl halides is 1. The Hall–Kier alpha value is -1.74. The molecule has 0 bridgehead atoms. The predicted octanol–water partition coefficient (Wildman–Crippen LogP) is 4.37. The minimum atomic E-state index is -0.377. The van der Waals surface area contributed by atoms with Crippen molar-refractivity contribution in [3.63, 3.8) is 0 Å². The number of rotatable bonds is 4. The van der Waals surface area contributed by atoms with E-state index >= 15 is 0 Å². The van der Waals surface area contributed by atoms with Crippen LogP contribution in [0.3, 0.4) is 0 Å². The second-order valence-electron chi connectivity index (χ2n) is 3.60. The van der Waals surface area contributed by atoms with Gasteiger partial charge in [-0.3, -0.25) is 0 Å². The molecule has 0 N–H and O–H groups in total. The smallest absolute Gasteiger partial charge is 0.169 e. The van der Waals surface area contributed by atoms with E-state index in [9.17, 15) is 4.39 Å². The Kier molecular flexibility index (Phi) is 4.05. The highest BCUT2D eigenvalue weighted by Gasteiger charge is 2.11. The Bertz CT molecular complexity index is 543. The number of hydrogen-bond donors (Lipinski definition) is 0. The Morgan fingerprint density at radius 1 is 1.00 bits per heavy atom. The first-order chi connectivity index (χ1) is 8.76. The molecule has 0 radical (unpaired) electrons. The van der Waals surface area contributed by atoms with Crippen molar-refractivity contribution in [3.05, 3.63) is 53.8 Å². The van der Waals surface area contributed by atoms with E-state index in [1.807, 2.05) is 12.1 Å². The standard InChI is InChI=1S/C14H12ClFO2/c1-17-13-6-2-3-7-14(13)18-12-8-4-5-11(16)10(12)9-15/h2-8H,9H2,1H3. The van der Waals surface area contributed by atoms with Crippen LogP contribution in [0.15, 0.2) is 42.5 Å². The Morgan fingerprint density at radius 3 is 2.33 bits per heavy atom. The van der Waals surface area contributed by atoms with Gasteiger partial charge < -0.3 is 9.47 Å². The van der Waals surface area contributed by atoms with Crippen LogP contribution in [0.4, 0.5) is 4.39 Å². The fourth-order valence-electron chi connectivity index (χ4n) is 1.59. The summed E-state index contributed by atoms with van der Waals surface area (Å²) in [5.41, 5.74) is 0.338. The van der Waals surface area contributed by atoms with E-state index in [4.69, 9.17) is 21.1 Å². The maximum absolute atomic E-state index is 13.5. The minimum Gasteiger partial charge on any atom is -0.493 e. The van der Waals surface area contributed by atoms with Crippen LogP contribution in [0.5, 0.6) is 17.2 Å². The number of methoxy groups -OCH3 is 1. The van der Waals surface area contributed by atoms with Crippen molar-refractivity contribution >= 4 is 11.6 Å². The molecular formula is C14H12ClFO2. The molecule has 0 aliphatic rings. The van der Waals surface area contributed by atoms with E-state index in [1.165, 1.54) is 6.07 Å². The van der Waals surface area contributed by atoms with E-state index in [1.54, 1.807) is 31.4 Å². The summed E-state index contributed by atoms with van der Waals surface area (Å²) in [5, 5.41) is 0. The van der Waals surface area contributed by atoms with Crippen molar-refractivity contribution in [2.45, 2.75) is 5.88 Å². The molecule has 0 atom stereocenters. The minimum absolute atomic E-state index is 0.0527. The molecule has 0 aromatic heterocycles. The molecule has 2 aromatic rings. The second kappa shape index (κ2) is 5.74. The van der Waals surface area contributed by atoms with Crippen LogP contribution in [0.25, 0.3) is 0 Å². The average Bonchev–Trinajstić information content (AvgIpc) is 2.40. The van der Waals surface area contributed by atoms with Crippen molar-refractivity contribution in [2.75, 3.05) is 7.11 Å². The normalized spacial score (nSPS) is 10.2. The fourth-order valence-corrected chi connectivity index (χ4v) is 1.85. The van der Waals surface area contributed by atoms with Crippen molar-refractivity contribution in [1.29, 1.82) is 0 Å². The van der Waals surface area contributed by atoms with Gasteiger partial charge in [0, 0.05) is 5.56 Å². The van der Waals surface area contributed by atoms with Crippen LogP contribution < -0.4 is 9.47 Å². The summed E-state index contributed by atoms with van der Waals surface area (Å²) in [6, 6.07) is 11.8. The summed E-state index contributed by atoms with van der Waals surface area (Å²) in [6.07, 6.45) is 0. The molecular weight excluding hydrogens is 255 g/mol. The van der Waals surface area contributed by atoms with Crippen molar-refractivity contribution in [1.82, 2.24) is 0 Å². The lowest BCUT2D eigenvalue weighted by Gasteiger charge is -2.12. The van der Waals surface area contributed by atoms with Crippen LogP contribution in [0.2, 0.25) is 0 Å². The number of halogens is 2. The van der Waals surface area contributed by atoms with E-state index in [0.29, 0.717) is 22.8 Å². The quantitative estimate of drug-likeness (QED) is 0.765. The van der Waals surface area contributed by atoms with Crippen LogP contribution >= 0.6 is 11.6 Å². The maximum Gasteiger partial charge on any atom is 0.169 e. The van der Waals surface area contributed by atoms with Gasteiger partial charge in [0.05, 0.1) is 13.0 Å². The molecule has 2 rings (SSSR count). The molecule has 0 spiro atoms. The summed E-state index contributed by atoms with van der Waals surface area (Å²) in [7, 11) is 1.55. The number of benzene rings is 2. The van der Waals surface area contributed by atoms with Gasteiger partial charge in [-0.15, -0.1) is 11.6 Å². The van der Waals surface area contributed by atoms with Gasteiger partial charge in [-0.2, -0.15) is 0 Å². The summed E-state index contributed by atoms with van der Waals surface area (Å²) in [6.45, 7) is 0. The van der Waals surface area contributed by atoms with Crippen LogP contribution in [-0.2, 0) is 5.88 Å². The topological polar surface area (TPSA) is 18.5 Å². The zero-order valence-corrected chi connectivity index (χ0v) is 10.6. The molecule has 0 heterocycles. The van der Waals surface area contributed by atoms with E-state index in [2.05, 4.69) is 0 Å². The molecule has 0 fully saturated rings. The van der Waals surface area contributed by atoms with Crippen molar-refractivity contribution in [2.24, 2.45) is 0 Å². The number of hydrogen-bond acceptors (Lipinski definition) is 2. The second-order valence-corrected chi connectivity index (χ2v) is 3.87. The molecule has 4 heteroatoms. The van der Waals surface area contributed by atoms with Crippen molar-refractivity contribution < 1.29 is 13.9 Å². The fraction of sp³-hybridized carbons (Fsp3) is 0.143. The largest absolute Gasteiger partial charge is 0.493 e. The van der Waals surface area contributed by atoms with Crippen LogP contribution in [-0.4, -0.2) is 7.11 Å². The Morgan fingerprint density at radius 2 is 1.67 bits per heavy atom. The van der Waals surface area contributed by atoms with Crippen LogP contribution in [0.1, 0.15) is 5.56 Å². The molecule has 0 amide bonds. The van der Waals surface area contributed by atoms with E-state index in [-0.39, 0.29) is 11.7 Å². The highest BCUT2D eigenvalue weighted by Crippen LogP contribution is 2.33. The predicted molar refractivity (Wildman–Crippen MR) is 69.0 cm³/mol. The molecule has 0 unspecified atom stereocenters. The summed E-state index contributed by atoms with van der Waals surface area (Å²) in [4.78, 5) is 0. The van der Waals surface area contributed by atoms with Gasteiger partial charge in [0.2, 0.25) is 0 Å². The zero-order chi connectivity index (χ0) is 13.0. The Balaban J connectivity index is 2.37. The van der Waals surface area contributed by atoms with Gasteiger partial charge >= 0.3 is 0 Å². The molecule has 2 nitrogen and oxygen atoms in total. The molecule has 18 heavy (non-hydrogen) atoms. The Labute approximate surface area is 110 Å². The van der Waals surface area contributed by atoms with E-state index in [0.717, 1.165) is 0 Å². The number of para-hydroxylation sites is 2. The highest BCUT2D eigenvalue weighted by atomic mass is 35.5. The molecule has 0 saturated carbocycles. The monoisotopic (exact) mass is 266 g/mol. The SMILES string of the molecule is COc1ccccc1Oc1cccc(F)c1CCl. The summed E-state index contributed by atoms with van der Waals surface area (Å²) < 4.78 is 24.4. The zero-order valence-electron chi connectivity index (χ0n) is 9.82.